The average molecular weight is 290 g/mol. The Morgan fingerprint density at radius 3 is 2.48 bits per heavy atom. The Kier molecular flexibility index (Phi) is 4.42. The van der Waals surface area contributed by atoms with Crippen LogP contribution in [0.4, 0.5) is 11.4 Å². The molecule has 0 atom stereocenters. The van der Waals surface area contributed by atoms with Gasteiger partial charge in [-0.25, -0.2) is 0 Å². The number of nitrogens with zero attached hydrogens (tertiary/aromatic N) is 2. The molecule has 0 bridgehead atoms. The maximum absolute atomic E-state index is 12.0. The maximum atomic E-state index is 12.0. The SMILES string of the molecule is CCN1CCN(CC(=O)Nc2ccccc2N)C(=O)C1=O. The van der Waals surface area contributed by atoms with Crippen molar-refractivity contribution in [2.45, 2.75) is 6.92 Å². The number of likely N-dealkylation sites (N-methyl/N-ethyl adjacent to an activating group) is 1. The molecule has 0 spiro atoms. The number of benzene rings is 1. The van der Waals surface area contributed by atoms with Crippen molar-refractivity contribution >= 4 is 29.1 Å². The molecular weight excluding hydrogens is 272 g/mol. The van der Waals surface area contributed by atoms with Gasteiger partial charge in [-0.3, -0.25) is 14.4 Å². The molecule has 1 aliphatic heterocycles. The van der Waals surface area contributed by atoms with Gasteiger partial charge in [0.1, 0.15) is 6.54 Å². The van der Waals surface area contributed by atoms with Gasteiger partial charge in [-0.15, -0.1) is 0 Å². The van der Waals surface area contributed by atoms with Crippen molar-refractivity contribution in [1.29, 1.82) is 0 Å². The number of hydrogen-bond donors (Lipinski definition) is 2. The molecule has 1 aromatic rings. The fourth-order valence-electron chi connectivity index (χ4n) is 2.14. The predicted octanol–water partition coefficient (Wildman–Crippen LogP) is -0.102. The van der Waals surface area contributed by atoms with Crippen LogP contribution in [-0.4, -0.2) is 53.7 Å². The first-order valence-corrected chi connectivity index (χ1v) is 6.75. The number of nitrogen functional groups attached to an aromatic ring is 1. The van der Waals surface area contributed by atoms with Gasteiger partial charge in [-0.2, -0.15) is 0 Å². The monoisotopic (exact) mass is 290 g/mol. The lowest BCUT2D eigenvalue weighted by atomic mass is 10.2. The summed E-state index contributed by atoms with van der Waals surface area (Å²) in [4.78, 5) is 38.3. The topological polar surface area (TPSA) is 95.7 Å². The van der Waals surface area contributed by atoms with E-state index in [0.29, 0.717) is 31.0 Å². The highest BCUT2D eigenvalue weighted by atomic mass is 16.2. The first kappa shape index (κ1) is 14.8. The predicted molar refractivity (Wildman–Crippen MR) is 78.3 cm³/mol. The molecule has 0 saturated carbocycles. The minimum Gasteiger partial charge on any atom is -0.397 e. The highest BCUT2D eigenvalue weighted by molar-refractivity contribution is 6.35. The van der Waals surface area contributed by atoms with E-state index in [1.807, 2.05) is 6.92 Å². The summed E-state index contributed by atoms with van der Waals surface area (Å²) < 4.78 is 0. The molecule has 1 fully saturated rings. The third-order valence-corrected chi connectivity index (χ3v) is 3.35. The summed E-state index contributed by atoms with van der Waals surface area (Å²) >= 11 is 0. The van der Waals surface area contributed by atoms with Crippen molar-refractivity contribution in [3.05, 3.63) is 24.3 Å². The number of carbonyl (C=O) groups is 3. The van der Waals surface area contributed by atoms with Crippen molar-refractivity contribution in [2.75, 3.05) is 37.2 Å². The normalized spacial score (nSPS) is 15.3. The summed E-state index contributed by atoms with van der Waals surface area (Å²) in [6.07, 6.45) is 0. The van der Waals surface area contributed by atoms with E-state index < -0.39 is 11.8 Å². The quantitative estimate of drug-likeness (QED) is 0.598. The van der Waals surface area contributed by atoms with Crippen LogP contribution in [0.15, 0.2) is 24.3 Å². The van der Waals surface area contributed by atoms with Gasteiger partial charge in [0.05, 0.1) is 11.4 Å². The minimum atomic E-state index is -0.640. The van der Waals surface area contributed by atoms with Crippen LogP contribution in [0.1, 0.15) is 6.92 Å². The van der Waals surface area contributed by atoms with Crippen LogP contribution in [-0.2, 0) is 14.4 Å². The second-order valence-corrected chi connectivity index (χ2v) is 4.75. The molecule has 0 aromatic heterocycles. The van der Waals surface area contributed by atoms with E-state index in [1.54, 1.807) is 24.3 Å². The first-order chi connectivity index (χ1) is 10.0. The Hall–Kier alpha value is -2.57. The van der Waals surface area contributed by atoms with Crippen molar-refractivity contribution in [2.24, 2.45) is 0 Å². The lowest BCUT2D eigenvalue weighted by Crippen LogP contribution is -2.55. The third kappa shape index (κ3) is 3.31. The molecule has 3 amide bonds. The first-order valence-electron chi connectivity index (χ1n) is 6.75. The Labute approximate surface area is 122 Å². The lowest BCUT2D eigenvalue weighted by Gasteiger charge is -2.32. The van der Waals surface area contributed by atoms with Crippen molar-refractivity contribution in [3.8, 4) is 0 Å². The van der Waals surface area contributed by atoms with Crippen LogP contribution >= 0.6 is 0 Å². The van der Waals surface area contributed by atoms with Gasteiger partial charge in [0.2, 0.25) is 5.91 Å². The molecule has 0 unspecified atom stereocenters. The van der Waals surface area contributed by atoms with Gasteiger partial charge in [0.25, 0.3) is 0 Å². The second kappa shape index (κ2) is 6.25. The van der Waals surface area contributed by atoms with E-state index in [0.717, 1.165) is 0 Å². The zero-order valence-electron chi connectivity index (χ0n) is 11.8. The largest absolute Gasteiger partial charge is 0.397 e. The summed E-state index contributed by atoms with van der Waals surface area (Å²) in [6, 6.07) is 6.86. The zero-order valence-corrected chi connectivity index (χ0v) is 11.8. The van der Waals surface area contributed by atoms with Crippen LogP contribution in [0.2, 0.25) is 0 Å². The Balaban J connectivity index is 1.96. The van der Waals surface area contributed by atoms with E-state index in [-0.39, 0.29) is 12.5 Å². The highest BCUT2D eigenvalue weighted by Crippen LogP contribution is 2.16. The number of rotatable bonds is 4. The molecule has 0 aliphatic carbocycles. The number of amides is 3. The van der Waals surface area contributed by atoms with E-state index in [9.17, 15) is 14.4 Å². The van der Waals surface area contributed by atoms with Crippen molar-refractivity contribution in [3.63, 3.8) is 0 Å². The highest BCUT2D eigenvalue weighted by Gasteiger charge is 2.32. The molecule has 1 saturated heterocycles. The Morgan fingerprint density at radius 2 is 1.81 bits per heavy atom. The van der Waals surface area contributed by atoms with Crippen LogP contribution in [0.25, 0.3) is 0 Å². The van der Waals surface area contributed by atoms with E-state index in [1.165, 1.54) is 9.80 Å². The molecule has 1 heterocycles. The van der Waals surface area contributed by atoms with Gasteiger partial charge < -0.3 is 20.9 Å². The summed E-state index contributed by atoms with van der Waals surface area (Å²) in [7, 11) is 0. The fraction of sp³-hybridized carbons (Fsp3) is 0.357. The van der Waals surface area contributed by atoms with Crippen molar-refractivity contribution < 1.29 is 14.4 Å². The Morgan fingerprint density at radius 1 is 1.19 bits per heavy atom. The zero-order chi connectivity index (χ0) is 15.4. The molecule has 1 aromatic carbocycles. The van der Waals surface area contributed by atoms with Gasteiger partial charge in [-0.05, 0) is 19.1 Å². The minimum absolute atomic E-state index is 0.156. The van der Waals surface area contributed by atoms with Gasteiger partial charge >= 0.3 is 11.8 Å². The Bertz CT molecular complexity index is 573. The van der Waals surface area contributed by atoms with Gasteiger partial charge in [0, 0.05) is 19.6 Å². The molecule has 7 nitrogen and oxygen atoms in total. The van der Waals surface area contributed by atoms with Crippen LogP contribution in [0.3, 0.4) is 0 Å². The van der Waals surface area contributed by atoms with Crippen molar-refractivity contribution in [1.82, 2.24) is 9.80 Å². The summed E-state index contributed by atoms with van der Waals surface area (Å²) in [5.74, 6) is -1.57. The second-order valence-electron chi connectivity index (χ2n) is 4.75. The molecule has 2 rings (SSSR count). The van der Waals surface area contributed by atoms with E-state index >= 15 is 0 Å². The van der Waals surface area contributed by atoms with Crippen LogP contribution < -0.4 is 11.1 Å². The van der Waals surface area contributed by atoms with Crippen LogP contribution in [0, 0.1) is 0 Å². The summed E-state index contributed by atoms with van der Waals surface area (Å²) in [5, 5.41) is 2.64. The smallest absolute Gasteiger partial charge is 0.312 e. The molecule has 112 valence electrons. The number of piperazine rings is 1. The molecule has 1 aliphatic rings. The van der Waals surface area contributed by atoms with E-state index in [2.05, 4.69) is 5.32 Å². The van der Waals surface area contributed by atoms with E-state index in [4.69, 9.17) is 5.73 Å². The fourth-order valence-corrected chi connectivity index (χ4v) is 2.14. The summed E-state index contributed by atoms with van der Waals surface area (Å²) in [5.41, 5.74) is 6.67. The number of hydrogen-bond acceptors (Lipinski definition) is 4. The maximum Gasteiger partial charge on any atom is 0.312 e. The summed E-state index contributed by atoms with van der Waals surface area (Å²) in [6.45, 7) is 2.95. The van der Waals surface area contributed by atoms with Gasteiger partial charge in [0.15, 0.2) is 0 Å². The number of carbonyl (C=O) groups excluding carboxylic acids is 3. The number of anilines is 2. The van der Waals surface area contributed by atoms with Crippen LogP contribution in [0.5, 0.6) is 0 Å². The molecule has 7 heteroatoms. The standard InChI is InChI=1S/C14H18N4O3/c1-2-17-7-8-18(14(21)13(17)20)9-12(19)16-11-6-4-3-5-10(11)15/h3-6H,2,7-9,15H2,1H3,(H,16,19). The number of para-hydroxylation sites is 2. The number of nitrogens with one attached hydrogen (secondary N) is 1. The van der Waals surface area contributed by atoms with Gasteiger partial charge in [-0.1, -0.05) is 12.1 Å². The molecule has 21 heavy (non-hydrogen) atoms. The average Bonchev–Trinajstić information content (AvgIpc) is 2.47. The third-order valence-electron chi connectivity index (χ3n) is 3.35. The molecule has 0 radical (unpaired) electrons. The molecule has 3 N–H and O–H groups in total. The number of nitrogens with two attached hydrogens (primary N) is 1. The molecular formula is C14H18N4O3. The lowest BCUT2D eigenvalue weighted by molar-refractivity contribution is -0.156.